The van der Waals surface area contributed by atoms with Gasteiger partial charge in [0.15, 0.2) is 5.78 Å². The fourth-order valence-electron chi connectivity index (χ4n) is 1.71. The lowest BCUT2D eigenvalue weighted by Crippen LogP contribution is -2.25. The van der Waals surface area contributed by atoms with Crippen molar-refractivity contribution in [1.29, 1.82) is 0 Å². The number of Topliss-reactive ketones (excluding diaryl/α,β-unsaturated/α-hetero) is 1. The molecule has 0 unspecified atom stereocenters. The van der Waals surface area contributed by atoms with Gasteiger partial charge in [-0.1, -0.05) is 6.07 Å². The number of nitro groups is 1. The van der Waals surface area contributed by atoms with Gasteiger partial charge in [0.1, 0.15) is 5.69 Å². The molecule has 1 amide bonds. The summed E-state index contributed by atoms with van der Waals surface area (Å²) in [6, 6.07) is 4.56. The normalized spacial score (nSPS) is 15.5. The van der Waals surface area contributed by atoms with Gasteiger partial charge in [-0.15, -0.1) is 0 Å². The number of ketones is 1. The molecule has 0 aliphatic carbocycles. The van der Waals surface area contributed by atoms with E-state index < -0.39 is 10.8 Å². The van der Waals surface area contributed by atoms with Crippen LogP contribution in [0.25, 0.3) is 0 Å². The van der Waals surface area contributed by atoms with E-state index in [2.05, 4.69) is 15.9 Å². The van der Waals surface area contributed by atoms with Crippen molar-refractivity contribution in [3.63, 3.8) is 0 Å². The van der Waals surface area contributed by atoms with Crippen molar-refractivity contribution in [2.75, 3.05) is 11.4 Å². The smallest absolute Gasteiger partial charge is 0.298 e. The third-order valence-electron chi connectivity index (χ3n) is 2.42. The van der Waals surface area contributed by atoms with Gasteiger partial charge >= 0.3 is 5.69 Å². The standard InChI is InChI=1S/C10H7BrN2O4/c11-7-2-1-3-8(10(7)13(16)17)12-5-6(14)4-9(12)15/h1-3H,4-5H2. The summed E-state index contributed by atoms with van der Waals surface area (Å²) in [5.74, 6) is -0.638. The van der Waals surface area contributed by atoms with E-state index >= 15 is 0 Å². The highest BCUT2D eigenvalue weighted by Gasteiger charge is 2.33. The molecule has 0 spiro atoms. The summed E-state index contributed by atoms with van der Waals surface area (Å²) < 4.78 is 0.284. The number of benzene rings is 1. The van der Waals surface area contributed by atoms with Crippen molar-refractivity contribution in [3.8, 4) is 0 Å². The fraction of sp³-hybridized carbons (Fsp3) is 0.200. The number of carbonyl (C=O) groups is 2. The van der Waals surface area contributed by atoms with Gasteiger partial charge in [0.05, 0.1) is 22.4 Å². The Morgan fingerprint density at radius 3 is 2.59 bits per heavy atom. The second kappa shape index (κ2) is 4.25. The fourth-order valence-corrected chi connectivity index (χ4v) is 2.21. The minimum Gasteiger partial charge on any atom is -0.298 e. The second-order valence-electron chi connectivity index (χ2n) is 3.56. The van der Waals surface area contributed by atoms with Gasteiger partial charge in [0, 0.05) is 0 Å². The summed E-state index contributed by atoms with van der Waals surface area (Å²) in [5.41, 5.74) is -0.0456. The van der Waals surface area contributed by atoms with Gasteiger partial charge in [-0.3, -0.25) is 24.6 Å². The SMILES string of the molecule is O=C1CC(=O)N(c2cccc(Br)c2[N+](=O)[O-])C1. The molecule has 17 heavy (non-hydrogen) atoms. The molecule has 0 atom stereocenters. The summed E-state index contributed by atoms with van der Waals surface area (Å²) in [4.78, 5) is 34.2. The predicted molar refractivity (Wildman–Crippen MR) is 62.8 cm³/mol. The van der Waals surface area contributed by atoms with E-state index in [1.165, 1.54) is 12.1 Å². The summed E-state index contributed by atoms with van der Waals surface area (Å²) in [7, 11) is 0. The summed E-state index contributed by atoms with van der Waals surface area (Å²) >= 11 is 3.07. The van der Waals surface area contributed by atoms with Gasteiger partial charge < -0.3 is 0 Å². The molecule has 1 aromatic carbocycles. The Morgan fingerprint density at radius 2 is 2.06 bits per heavy atom. The van der Waals surface area contributed by atoms with Gasteiger partial charge in [0.2, 0.25) is 5.91 Å². The summed E-state index contributed by atoms with van der Waals surface area (Å²) in [5, 5.41) is 10.9. The maximum atomic E-state index is 11.5. The van der Waals surface area contributed by atoms with Crippen molar-refractivity contribution >= 4 is 39.0 Å². The number of hydrogen-bond acceptors (Lipinski definition) is 4. The topological polar surface area (TPSA) is 80.5 Å². The van der Waals surface area contributed by atoms with Crippen LogP contribution in [-0.2, 0) is 9.59 Å². The molecule has 1 fully saturated rings. The number of amides is 1. The molecule has 0 saturated carbocycles. The quantitative estimate of drug-likeness (QED) is 0.472. The number of anilines is 1. The van der Waals surface area contributed by atoms with Crippen LogP contribution in [0, 0.1) is 10.1 Å². The lowest BCUT2D eigenvalue weighted by molar-refractivity contribution is -0.384. The molecule has 88 valence electrons. The Labute approximate surface area is 104 Å². The number of rotatable bonds is 2. The number of halogens is 1. The van der Waals surface area contributed by atoms with Crippen LogP contribution < -0.4 is 4.90 Å². The zero-order chi connectivity index (χ0) is 12.6. The van der Waals surface area contributed by atoms with Crippen molar-refractivity contribution in [2.24, 2.45) is 0 Å². The average molecular weight is 299 g/mol. The highest BCUT2D eigenvalue weighted by atomic mass is 79.9. The van der Waals surface area contributed by atoms with Crippen LogP contribution in [0.5, 0.6) is 0 Å². The molecule has 2 rings (SSSR count). The third kappa shape index (κ3) is 2.05. The number of nitro benzene ring substituents is 1. The highest BCUT2D eigenvalue weighted by Crippen LogP contribution is 2.36. The summed E-state index contributed by atoms with van der Waals surface area (Å²) in [6.07, 6.45) is -0.191. The number of nitrogens with zero attached hydrogens (tertiary/aromatic N) is 2. The molecule has 1 aromatic rings. The monoisotopic (exact) mass is 298 g/mol. The molecule has 1 aliphatic rings. The van der Waals surface area contributed by atoms with Crippen LogP contribution in [-0.4, -0.2) is 23.2 Å². The first kappa shape index (κ1) is 11.7. The minimum absolute atomic E-state index is 0.101. The molecular formula is C10H7BrN2O4. The van der Waals surface area contributed by atoms with Crippen LogP contribution in [0.2, 0.25) is 0 Å². The Bertz CT molecular complexity index is 529. The second-order valence-corrected chi connectivity index (χ2v) is 4.41. The molecule has 1 saturated heterocycles. The first-order valence-electron chi connectivity index (χ1n) is 4.75. The maximum Gasteiger partial charge on any atom is 0.307 e. The van der Waals surface area contributed by atoms with Gasteiger partial charge in [-0.2, -0.15) is 0 Å². The first-order chi connectivity index (χ1) is 8.00. The largest absolute Gasteiger partial charge is 0.307 e. The zero-order valence-corrected chi connectivity index (χ0v) is 10.1. The Hall–Kier alpha value is -1.76. The van der Waals surface area contributed by atoms with Gasteiger partial charge in [-0.05, 0) is 28.1 Å². The molecule has 0 N–H and O–H groups in total. The van der Waals surface area contributed by atoms with E-state index in [-0.39, 0.29) is 34.6 Å². The van der Waals surface area contributed by atoms with E-state index in [0.29, 0.717) is 0 Å². The first-order valence-corrected chi connectivity index (χ1v) is 5.55. The third-order valence-corrected chi connectivity index (χ3v) is 3.06. The van der Waals surface area contributed by atoms with Crippen LogP contribution in [0.3, 0.4) is 0 Å². The van der Waals surface area contributed by atoms with E-state index in [0.717, 1.165) is 4.90 Å². The molecular weight excluding hydrogens is 292 g/mol. The maximum absolute atomic E-state index is 11.5. The van der Waals surface area contributed by atoms with E-state index in [1.807, 2.05) is 0 Å². The van der Waals surface area contributed by atoms with E-state index in [1.54, 1.807) is 6.07 Å². The van der Waals surface area contributed by atoms with Gasteiger partial charge in [0.25, 0.3) is 0 Å². The molecule has 6 nitrogen and oxygen atoms in total. The number of para-hydroxylation sites is 1. The van der Waals surface area contributed by atoms with E-state index in [9.17, 15) is 19.7 Å². The van der Waals surface area contributed by atoms with E-state index in [4.69, 9.17) is 0 Å². The van der Waals surface area contributed by atoms with Crippen molar-refractivity contribution in [3.05, 3.63) is 32.8 Å². The predicted octanol–water partition coefficient (Wildman–Crippen LogP) is 1.66. The molecule has 1 aliphatic heterocycles. The molecule has 7 heteroatoms. The Morgan fingerprint density at radius 1 is 1.35 bits per heavy atom. The molecule has 0 radical (unpaired) electrons. The van der Waals surface area contributed by atoms with Crippen molar-refractivity contribution < 1.29 is 14.5 Å². The lowest BCUT2D eigenvalue weighted by Gasteiger charge is -2.14. The van der Waals surface area contributed by atoms with Crippen LogP contribution in [0.1, 0.15) is 6.42 Å². The van der Waals surface area contributed by atoms with Crippen LogP contribution in [0.4, 0.5) is 11.4 Å². The van der Waals surface area contributed by atoms with Gasteiger partial charge in [-0.25, -0.2) is 0 Å². The molecule has 1 heterocycles. The number of hydrogen-bond donors (Lipinski definition) is 0. The van der Waals surface area contributed by atoms with Crippen molar-refractivity contribution in [2.45, 2.75) is 6.42 Å². The summed E-state index contributed by atoms with van der Waals surface area (Å²) in [6.45, 7) is -0.101. The van der Waals surface area contributed by atoms with Crippen LogP contribution >= 0.6 is 15.9 Å². The molecule has 0 bridgehead atoms. The Balaban J connectivity index is 2.52. The average Bonchev–Trinajstić information content (AvgIpc) is 2.56. The van der Waals surface area contributed by atoms with Crippen molar-refractivity contribution in [1.82, 2.24) is 0 Å². The number of carbonyl (C=O) groups excluding carboxylic acids is 2. The van der Waals surface area contributed by atoms with Crippen LogP contribution in [0.15, 0.2) is 22.7 Å². The zero-order valence-electron chi connectivity index (χ0n) is 8.55. The highest BCUT2D eigenvalue weighted by molar-refractivity contribution is 9.10. The molecule has 0 aromatic heterocycles. The Kier molecular flexibility index (Phi) is 2.93. The lowest BCUT2D eigenvalue weighted by atomic mass is 10.2. The minimum atomic E-state index is -0.574.